The third-order valence-corrected chi connectivity index (χ3v) is 5.10. The number of aryl methyl sites for hydroxylation is 1. The van der Waals surface area contributed by atoms with Gasteiger partial charge in [0.15, 0.2) is 0 Å². The summed E-state index contributed by atoms with van der Waals surface area (Å²) in [7, 11) is 0. The molecule has 4 aromatic rings. The van der Waals surface area contributed by atoms with Crippen molar-refractivity contribution in [3.63, 3.8) is 0 Å². The SMILES string of the molecule is Cc1ccc(CNC(=O)Nc2cccc(C(F)(F)F)c2)cc1NC(=O)c1cnc2ccccn12. The maximum Gasteiger partial charge on any atom is 0.416 e. The summed E-state index contributed by atoms with van der Waals surface area (Å²) in [6, 6.07) is 14.4. The van der Waals surface area contributed by atoms with Crippen molar-refractivity contribution in [1.29, 1.82) is 0 Å². The van der Waals surface area contributed by atoms with Crippen LogP contribution < -0.4 is 16.0 Å². The number of pyridine rings is 1. The second-order valence-electron chi connectivity index (χ2n) is 7.56. The largest absolute Gasteiger partial charge is 0.416 e. The fourth-order valence-corrected chi connectivity index (χ4v) is 3.33. The molecule has 0 aliphatic carbocycles. The topological polar surface area (TPSA) is 87.5 Å². The average molecular weight is 467 g/mol. The van der Waals surface area contributed by atoms with Gasteiger partial charge in [-0.3, -0.25) is 9.20 Å². The van der Waals surface area contributed by atoms with Crippen LogP contribution in [0.1, 0.15) is 27.2 Å². The molecule has 0 bridgehead atoms. The molecular formula is C24H20F3N5O2. The lowest BCUT2D eigenvalue weighted by Gasteiger charge is -2.13. The van der Waals surface area contributed by atoms with E-state index in [1.165, 1.54) is 18.3 Å². The molecule has 2 aromatic heterocycles. The van der Waals surface area contributed by atoms with Gasteiger partial charge < -0.3 is 16.0 Å². The molecule has 34 heavy (non-hydrogen) atoms. The third-order valence-electron chi connectivity index (χ3n) is 5.10. The summed E-state index contributed by atoms with van der Waals surface area (Å²) in [5.41, 5.74) is 2.27. The smallest absolute Gasteiger partial charge is 0.334 e. The van der Waals surface area contributed by atoms with Crippen LogP contribution in [0.4, 0.5) is 29.3 Å². The lowest BCUT2D eigenvalue weighted by atomic mass is 10.1. The number of urea groups is 1. The predicted octanol–water partition coefficient (Wildman–Crippen LogP) is 5.24. The highest BCUT2D eigenvalue weighted by molar-refractivity contribution is 6.04. The zero-order valence-corrected chi connectivity index (χ0v) is 18.0. The average Bonchev–Trinajstić information content (AvgIpc) is 3.23. The van der Waals surface area contributed by atoms with E-state index >= 15 is 0 Å². The van der Waals surface area contributed by atoms with Crippen LogP contribution in [0.15, 0.2) is 73.1 Å². The number of imidazole rings is 1. The molecule has 4 rings (SSSR count). The normalized spacial score (nSPS) is 11.3. The quantitative estimate of drug-likeness (QED) is 0.375. The highest BCUT2D eigenvalue weighted by Crippen LogP contribution is 2.30. The molecule has 0 aliphatic heterocycles. The first-order valence-corrected chi connectivity index (χ1v) is 10.3. The Balaban J connectivity index is 1.40. The van der Waals surface area contributed by atoms with Gasteiger partial charge in [0.2, 0.25) is 0 Å². The minimum absolute atomic E-state index is 0.0252. The molecule has 2 aromatic carbocycles. The number of amides is 3. The maximum atomic E-state index is 12.8. The summed E-state index contributed by atoms with van der Waals surface area (Å²) in [4.78, 5) is 29.2. The van der Waals surface area contributed by atoms with Crippen LogP contribution in [0.2, 0.25) is 0 Å². The maximum absolute atomic E-state index is 12.8. The molecule has 7 nitrogen and oxygen atoms in total. The molecule has 3 amide bonds. The van der Waals surface area contributed by atoms with Crippen LogP contribution in [0.5, 0.6) is 0 Å². The number of aromatic nitrogens is 2. The Kier molecular flexibility index (Phi) is 6.22. The molecule has 0 saturated carbocycles. The molecule has 3 N–H and O–H groups in total. The van der Waals surface area contributed by atoms with Gasteiger partial charge in [0.1, 0.15) is 11.3 Å². The zero-order chi connectivity index (χ0) is 24.3. The van der Waals surface area contributed by atoms with Crippen LogP contribution in [0, 0.1) is 6.92 Å². The van der Waals surface area contributed by atoms with Crippen molar-refractivity contribution >= 4 is 29.0 Å². The van der Waals surface area contributed by atoms with Gasteiger partial charge in [-0.1, -0.05) is 24.3 Å². The van der Waals surface area contributed by atoms with E-state index in [4.69, 9.17) is 0 Å². The lowest BCUT2D eigenvalue weighted by Crippen LogP contribution is -2.28. The van der Waals surface area contributed by atoms with Crippen LogP contribution in [-0.2, 0) is 12.7 Å². The van der Waals surface area contributed by atoms with E-state index in [0.29, 0.717) is 22.6 Å². The van der Waals surface area contributed by atoms with Gasteiger partial charge in [-0.15, -0.1) is 0 Å². The number of anilines is 2. The fraction of sp³-hybridized carbons (Fsp3) is 0.125. The van der Waals surface area contributed by atoms with Crippen LogP contribution in [-0.4, -0.2) is 21.3 Å². The first-order valence-electron chi connectivity index (χ1n) is 10.3. The molecule has 0 spiro atoms. The van der Waals surface area contributed by atoms with Crippen molar-refractivity contribution in [2.24, 2.45) is 0 Å². The number of alkyl halides is 3. The number of nitrogens with one attached hydrogen (secondary N) is 3. The van der Waals surface area contributed by atoms with Crippen molar-refractivity contribution in [2.45, 2.75) is 19.6 Å². The summed E-state index contributed by atoms with van der Waals surface area (Å²) in [6.07, 6.45) is -1.27. The number of benzene rings is 2. The molecule has 0 atom stereocenters. The molecule has 0 aliphatic rings. The molecule has 0 fully saturated rings. The zero-order valence-electron chi connectivity index (χ0n) is 18.0. The third kappa shape index (κ3) is 5.17. The molecule has 10 heteroatoms. The van der Waals surface area contributed by atoms with E-state index in [2.05, 4.69) is 20.9 Å². The number of carbonyl (C=O) groups is 2. The fourth-order valence-electron chi connectivity index (χ4n) is 3.33. The van der Waals surface area contributed by atoms with Crippen LogP contribution >= 0.6 is 0 Å². The molecule has 2 heterocycles. The minimum Gasteiger partial charge on any atom is -0.334 e. The number of rotatable bonds is 5. The van der Waals surface area contributed by atoms with Gasteiger partial charge in [0.25, 0.3) is 5.91 Å². The number of nitrogens with zero attached hydrogens (tertiary/aromatic N) is 2. The van der Waals surface area contributed by atoms with Crippen molar-refractivity contribution in [3.8, 4) is 0 Å². The summed E-state index contributed by atoms with van der Waals surface area (Å²) >= 11 is 0. The van der Waals surface area contributed by atoms with E-state index in [1.807, 2.05) is 13.0 Å². The molecular weight excluding hydrogens is 447 g/mol. The molecule has 174 valence electrons. The summed E-state index contributed by atoms with van der Waals surface area (Å²) < 4.78 is 40.2. The monoisotopic (exact) mass is 467 g/mol. The van der Waals surface area contributed by atoms with Gasteiger partial charge in [-0.05, 0) is 54.4 Å². The first-order chi connectivity index (χ1) is 16.2. The summed E-state index contributed by atoms with van der Waals surface area (Å²) in [5, 5.41) is 7.85. The molecule has 0 radical (unpaired) electrons. The predicted molar refractivity (Wildman–Crippen MR) is 122 cm³/mol. The van der Waals surface area contributed by atoms with Gasteiger partial charge in [-0.2, -0.15) is 13.2 Å². The van der Waals surface area contributed by atoms with E-state index < -0.39 is 17.8 Å². The summed E-state index contributed by atoms with van der Waals surface area (Å²) in [6.45, 7) is 1.94. The van der Waals surface area contributed by atoms with Crippen LogP contribution in [0.3, 0.4) is 0 Å². The number of hydrogen-bond acceptors (Lipinski definition) is 3. The Labute approximate surface area is 192 Å². The molecule has 0 unspecified atom stereocenters. The van der Waals surface area contributed by atoms with E-state index in [9.17, 15) is 22.8 Å². The Hall–Kier alpha value is -4.34. The van der Waals surface area contributed by atoms with E-state index in [1.54, 1.807) is 40.9 Å². The van der Waals surface area contributed by atoms with E-state index in [-0.39, 0.29) is 18.1 Å². The highest BCUT2D eigenvalue weighted by atomic mass is 19.4. The molecule has 0 saturated heterocycles. The van der Waals surface area contributed by atoms with Crippen molar-refractivity contribution in [3.05, 3.63) is 95.4 Å². The first kappa shape index (κ1) is 22.8. The Morgan fingerprint density at radius 2 is 1.82 bits per heavy atom. The summed E-state index contributed by atoms with van der Waals surface area (Å²) in [5.74, 6) is -0.339. The van der Waals surface area contributed by atoms with E-state index in [0.717, 1.165) is 17.7 Å². The minimum atomic E-state index is -4.50. The standard InChI is InChI=1S/C24H20F3N5O2/c1-15-8-9-16(13-29-23(34)30-18-6-4-5-17(12-18)24(25,26)27)11-19(15)31-22(33)20-14-28-21-7-2-3-10-32(20)21/h2-12,14H,13H2,1H3,(H,31,33)(H2,29,30,34). The number of hydrogen-bond donors (Lipinski definition) is 3. The van der Waals surface area contributed by atoms with Gasteiger partial charge in [0, 0.05) is 24.1 Å². The van der Waals surface area contributed by atoms with Gasteiger partial charge >= 0.3 is 12.2 Å². The van der Waals surface area contributed by atoms with Gasteiger partial charge in [0.05, 0.1) is 11.8 Å². The second-order valence-corrected chi connectivity index (χ2v) is 7.56. The van der Waals surface area contributed by atoms with Crippen LogP contribution in [0.25, 0.3) is 5.65 Å². The van der Waals surface area contributed by atoms with Crippen molar-refractivity contribution in [2.75, 3.05) is 10.6 Å². The lowest BCUT2D eigenvalue weighted by molar-refractivity contribution is -0.137. The number of carbonyl (C=O) groups excluding carboxylic acids is 2. The van der Waals surface area contributed by atoms with Crippen molar-refractivity contribution in [1.82, 2.24) is 14.7 Å². The second kappa shape index (κ2) is 9.26. The highest BCUT2D eigenvalue weighted by Gasteiger charge is 2.30. The Morgan fingerprint density at radius 3 is 2.62 bits per heavy atom. The number of halogens is 3. The van der Waals surface area contributed by atoms with Crippen molar-refractivity contribution < 1.29 is 22.8 Å². The number of fused-ring (bicyclic) bond motifs is 1. The Morgan fingerprint density at radius 1 is 1.00 bits per heavy atom. The van der Waals surface area contributed by atoms with Gasteiger partial charge in [-0.25, -0.2) is 9.78 Å². The Bertz CT molecular complexity index is 1360.